The molecule has 0 aliphatic rings. The van der Waals surface area contributed by atoms with E-state index in [9.17, 15) is 4.79 Å². The second-order valence-electron chi connectivity index (χ2n) is 4.41. The van der Waals surface area contributed by atoms with Crippen molar-refractivity contribution in [2.75, 3.05) is 18.0 Å². The molecule has 1 aromatic heterocycles. The van der Waals surface area contributed by atoms with Crippen molar-refractivity contribution in [3.63, 3.8) is 0 Å². The molecule has 0 saturated heterocycles. The molecule has 0 aliphatic heterocycles. The van der Waals surface area contributed by atoms with E-state index in [0.29, 0.717) is 25.3 Å². The fourth-order valence-corrected chi connectivity index (χ4v) is 1.71. The first-order chi connectivity index (χ1) is 8.47. The maximum absolute atomic E-state index is 12.2. The maximum Gasteiger partial charge on any atom is 0.293 e. The van der Waals surface area contributed by atoms with Crippen molar-refractivity contribution in [1.29, 1.82) is 5.41 Å². The van der Waals surface area contributed by atoms with Crippen LogP contribution >= 0.6 is 0 Å². The zero-order valence-corrected chi connectivity index (χ0v) is 11.2. The SMILES string of the molecule is CCN(CCC(=N)N)c1nccn(C(C)C)c1=O. The largest absolute Gasteiger partial charge is 0.388 e. The third kappa shape index (κ3) is 3.32. The van der Waals surface area contributed by atoms with Crippen LogP contribution in [0.4, 0.5) is 5.82 Å². The molecule has 0 radical (unpaired) electrons. The number of nitrogens with one attached hydrogen (secondary N) is 1. The van der Waals surface area contributed by atoms with Crippen molar-refractivity contribution in [3.8, 4) is 0 Å². The van der Waals surface area contributed by atoms with Gasteiger partial charge in [0.2, 0.25) is 0 Å². The van der Waals surface area contributed by atoms with Gasteiger partial charge in [0.15, 0.2) is 5.82 Å². The first kappa shape index (κ1) is 14.2. The van der Waals surface area contributed by atoms with Gasteiger partial charge in [-0.15, -0.1) is 0 Å². The lowest BCUT2D eigenvalue weighted by atomic mass is 10.3. The number of hydrogen-bond donors (Lipinski definition) is 2. The van der Waals surface area contributed by atoms with E-state index in [4.69, 9.17) is 11.1 Å². The zero-order chi connectivity index (χ0) is 13.7. The molecule has 0 aliphatic carbocycles. The van der Waals surface area contributed by atoms with Crippen LogP contribution in [0.2, 0.25) is 0 Å². The Labute approximate surface area is 107 Å². The Kier molecular flexibility index (Phi) is 4.88. The lowest BCUT2D eigenvalue weighted by Crippen LogP contribution is -2.35. The Morgan fingerprint density at radius 3 is 2.78 bits per heavy atom. The monoisotopic (exact) mass is 251 g/mol. The molecule has 0 unspecified atom stereocenters. The highest BCUT2D eigenvalue weighted by Gasteiger charge is 2.13. The summed E-state index contributed by atoms with van der Waals surface area (Å²) in [6.45, 7) is 7.07. The van der Waals surface area contributed by atoms with Crippen molar-refractivity contribution < 1.29 is 0 Å². The molecule has 0 aromatic carbocycles. The molecule has 18 heavy (non-hydrogen) atoms. The van der Waals surface area contributed by atoms with E-state index in [-0.39, 0.29) is 17.4 Å². The Bertz CT molecular complexity index is 466. The summed E-state index contributed by atoms with van der Waals surface area (Å²) in [4.78, 5) is 18.2. The highest BCUT2D eigenvalue weighted by Crippen LogP contribution is 2.07. The third-order valence-corrected chi connectivity index (χ3v) is 2.74. The lowest BCUT2D eigenvalue weighted by Gasteiger charge is -2.22. The Hall–Kier alpha value is -1.85. The predicted molar refractivity (Wildman–Crippen MR) is 73.3 cm³/mol. The molecule has 6 heteroatoms. The van der Waals surface area contributed by atoms with Gasteiger partial charge in [-0.25, -0.2) is 4.98 Å². The predicted octanol–water partition coefficient (Wildman–Crippen LogP) is 0.977. The van der Waals surface area contributed by atoms with Crippen molar-refractivity contribution in [1.82, 2.24) is 9.55 Å². The van der Waals surface area contributed by atoms with E-state index in [1.807, 2.05) is 25.7 Å². The molecule has 0 bridgehead atoms. The Balaban J connectivity index is 3.03. The Morgan fingerprint density at radius 2 is 2.28 bits per heavy atom. The topological polar surface area (TPSA) is 88.0 Å². The molecule has 3 N–H and O–H groups in total. The highest BCUT2D eigenvalue weighted by atomic mass is 16.1. The fourth-order valence-electron chi connectivity index (χ4n) is 1.71. The number of amidine groups is 1. The second-order valence-corrected chi connectivity index (χ2v) is 4.41. The minimum atomic E-state index is -0.0992. The van der Waals surface area contributed by atoms with Gasteiger partial charge in [-0.3, -0.25) is 10.2 Å². The summed E-state index contributed by atoms with van der Waals surface area (Å²) in [7, 11) is 0. The molecule has 1 aromatic rings. The summed E-state index contributed by atoms with van der Waals surface area (Å²) in [6, 6.07) is 0.103. The van der Waals surface area contributed by atoms with Crippen LogP contribution in [0.5, 0.6) is 0 Å². The number of aromatic nitrogens is 2. The van der Waals surface area contributed by atoms with Crippen LogP contribution in [0, 0.1) is 5.41 Å². The summed E-state index contributed by atoms with van der Waals surface area (Å²) in [6.07, 6.45) is 3.76. The molecular formula is C12H21N5O. The van der Waals surface area contributed by atoms with Crippen LogP contribution in [0.25, 0.3) is 0 Å². The number of nitrogens with two attached hydrogens (primary N) is 1. The van der Waals surface area contributed by atoms with Crippen molar-refractivity contribution in [2.45, 2.75) is 33.2 Å². The standard InChI is InChI=1S/C12H21N5O/c1-4-16(7-5-10(13)14)11-12(18)17(9(2)3)8-6-15-11/h6,8-9H,4-5,7H2,1-3H3,(H3,13,14). The second kappa shape index (κ2) is 6.18. The molecule has 0 saturated carbocycles. The van der Waals surface area contributed by atoms with Crippen molar-refractivity contribution in [3.05, 3.63) is 22.7 Å². The molecule has 0 amide bonds. The van der Waals surface area contributed by atoms with Gasteiger partial charge in [0.25, 0.3) is 5.56 Å². The third-order valence-electron chi connectivity index (χ3n) is 2.74. The molecule has 0 spiro atoms. The molecule has 1 heterocycles. The fraction of sp³-hybridized carbons (Fsp3) is 0.583. The van der Waals surface area contributed by atoms with Gasteiger partial charge in [0, 0.05) is 37.9 Å². The van der Waals surface area contributed by atoms with Crippen LogP contribution in [0.15, 0.2) is 17.2 Å². The number of rotatable bonds is 6. The number of anilines is 1. The van der Waals surface area contributed by atoms with Crippen molar-refractivity contribution >= 4 is 11.7 Å². The summed E-state index contributed by atoms with van der Waals surface area (Å²) < 4.78 is 1.65. The smallest absolute Gasteiger partial charge is 0.293 e. The van der Waals surface area contributed by atoms with E-state index in [0.717, 1.165) is 0 Å². The molecule has 0 atom stereocenters. The Morgan fingerprint density at radius 1 is 1.61 bits per heavy atom. The molecule has 0 fully saturated rings. The van der Waals surface area contributed by atoms with Gasteiger partial charge in [-0.05, 0) is 20.8 Å². The summed E-state index contributed by atoms with van der Waals surface area (Å²) in [5.74, 6) is 0.545. The minimum Gasteiger partial charge on any atom is -0.388 e. The average Bonchev–Trinajstić information content (AvgIpc) is 2.31. The van der Waals surface area contributed by atoms with E-state index in [2.05, 4.69) is 4.98 Å². The molecule has 1 rings (SSSR count). The van der Waals surface area contributed by atoms with Crippen LogP contribution in [0.3, 0.4) is 0 Å². The van der Waals surface area contributed by atoms with Gasteiger partial charge in [0.1, 0.15) is 0 Å². The highest BCUT2D eigenvalue weighted by molar-refractivity contribution is 5.77. The van der Waals surface area contributed by atoms with E-state index < -0.39 is 0 Å². The van der Waals surface area contributed by atoms with Gasteiger partial charge in [-0.2, -0.15) is 0 Å². The average molecular weight is 251 g/mol. The van der Waals surface area contributed by atoms with Crippen LogP contribution in [-0.2, 0) is 0 Å². The zero-order valence-electron chi connectivity index (χ0n) is 11.2. The number of nitrogens with zero attached hydrogens (tertiary/aromatic N) is 3. The van der Waals surface area contributed by atoms with E-state index in [1.165, 1.54) is 0 Å². The molecule has 6 nitrogen and oxygen atoms in total. The first-order valence-corrected chi connectivity index (χ1v) is 6.12. The molecule has 100 valence electrons. The van der Waals surface area contributed by atoms with Gasteiger partial charge >= 0.3 is 0 Å². The first-order valence-electron chi connectivity index (χ1n) is 6.12. The maximum atomic E-state index is 12.2. The quantitative estimate of drug-likeness (QED) is 0.582. The van der Waals surface area contributed by atoms with Crippen molar-refractivity contribution in [2.24, 2.45) is 5.73 Å². The van der Waals surface area contributed by atoms with Gasteiger partial charge in [-0.1, -0.05) is 0 Å². The van der Waals surface area contributed by atoms with Gasteiger partial charge < -0.3 is 15.2 Å². The lowest BCUT2D eigenvalue weighted by molar-refractivity contribution is 0.571. The van der Waals surface area contributed by atoms with Crippen LogP contribution < -0.4 is 16.2 Å². The summed E-state index contributed by atoms with van der Waals surface area (Å²) >= 11 is 0. The normalized spacial score (nSPS) is 10.7. The van der Waals surface area contributed by atoms with Crippen LogP contribution in [-0.4, -0.2) is 28.5 Å². The van der Waals surface area contributed by atoms with Gasteiger partial charge in [0.05, 0.1) is 5.84 Å². The summed E-state index contributed by atoms with van der Waals surface area (Å²) in [5.41, 5.74) is 5.24. The van der Waals surface area contributed by atoms with Crippen LogP contribution in [0.1, 0.15) is 33.2 Å². The number of hydrogen-bond acceptors (Lipinski definition) is 4. The summed E-state index contributed by atoms with van der Waals surface area (Å²) in [5, 5.41) is 7.24. The minimum absolute atomic E-state index is 0.0992. The van der Waals surface area contributed by atoms with E-state index >= 15 is 0 Å². The molecular weight excluding hydrogens is 230 g/mol. The van der Waals surface area contributed by atoms with E-state index in [1.54, 1.807) is 17.0 Å².